The highest BCUT2D eigenvalue weighted by molar-refractivity contribution is 6.10. The van der Waals surface area contributed by atoms with Crippen molar-refractivity contribution < 1.29 is 4.42 Å². The number of hydrogen-bond acceptors (Lipinski definition) is 4. The highest BCUT2D eigenvalue weighted by Crippen LogP contribution is 2.44. The first-order valence-corrected chi connectivity index (χ1v) is 14.5. The predicted octanol–water partition coefficient (Wildman–Crippen LogP) is 9.66. The SMILES string of the molecule is CC1(C)CCc2cc3oc4c(-c5ccc(-c6nc(-c7ccccc7)nc(-c7ccccc7)n6)cc5)cccc4c3cc21. The van der Waals surface area contributed by atoms with Crippen LogP contribution in [-0.4, -0.2) is 15.0 Å². The van der Waals surface area contributed by atoms with Crippen molar-refractivity contribution >= 4 is 21.9 Å². The maximum Gasteiger partial charge on any atom is 0.164 e. The standard InChI is InChI=1S/C38H29N3O/c1-38(2)21-20-28-22-33-31(23-32(28)38)30-15-9-14-29(34(30)42-33)24-16-18-27(19-17-24)37-40-35(25-10-5-3-6-11-25)39-36(41-37)26-12-7-4-8-13-26/h3-19,22-23H,20-21H2,1-2H3. The third kappa shape index (κ3) is 4.10. The van der Waals surface area contributed by atoms with Crippen molar-refractivity contribution in [1.82, 2.24) is 15.0 Å². The van der Waals surface area contributed by atoms with Crippen LogP contribution in [0.2, 0.25) is 0 Å². The Morgan fingerprint density at radius 3 is 1.76 bits per heavy atom. The first kappa shape index (κ1) is 24.7. The van der Waals surface area contributed by atoms with Crippen molar-refractivity contribution in [3.63, 3.8) is 0 Å². The van der Waals surface area contributed by atoms with Crippen LogP contribution in [0.5, 0.6) is 0 Å². The molecule has 2 aromatic heterocycles. The van der Waals surface area contributed by atoms with Gasteiger partial charge in [-0.2, -0.15) is 0 Å². The molecule has 8 rings (SSSR count). The van der Waals surface area contributed by atoms with Crippen LogP contribution in [0.3, 0.4) is 0 Å². The first-order valence-electron chi connectivity index (χ1n) is 14.5. The summed E-state index contributed by atoms with van der Waals surface area (Å²) in [7, 11) is 0. The Kier molecular flexibility index (Phi) is 5.58. The van der Waals surface area contributed by atoms with Gasteiger partial charge in [-0.25, -0.2) is 15.0 Å². The quantitative estimate of drug-likeness (QED) is 0.222. The van der Waals surface area contributed by atoms with Crippen molar-refractivity contribution in [2.45, 2.75) is 32.1 Å². The number of aromatic nitrogens is 3. The molecule has 0 saturated carbocycles. The predicted molar refractivity (Wildman–Crippen MR) is 170 cm³/mol. The average Bonchev–Trinajstić information content (AvgIpc) is 3.56. The molecule has 7 aromatic rings. The van der Waals surface area contributed by atoms with Gasteiger partial charge in [0.15, 0.2) is 17.5 Å². The Morgan fingerprint density at radius 1 is 0.571 bits per heavy atom. The summed E-state index contributed by atoms with van der Waals surface area (Å²) in [6.45, 7) is 4.69. The fourth-order valence-corrected chi connectivity index (χ4v) is 6.27. The minimum atomic E-state index is 0.205. The van der Waals surface area contributed by atoms with E-state index in [-0.39, 0.29) is 5.41 Å². The number of fused-ring (bicyclic) bond motifs is 4. The fraction of sp³-hybridized carbons (Fsp3) is 0.132. The van der Waals surface area contributed by atoms with Gasteiger partial charge in [0.05, 0.1) is 0 Å². The third-order valence-corrected chi connectivity index (χ3v) is 8.62. The number of nitrogens with zero attached hydrogens (tertiary/aromatic N) is 3. The summed E-state index contributed by atoms with van der Waals surface area (Å²) < 4.78 is 6.54. The van der Waals surface area contributed by atoms with Gasteiger partial charge in [-0.3, -0.25) is 0 Å². The van der Waals surface area contributed by atoms with E-state index in [1.807, 2.05) is 60.7 Å². The second kappa shape index (κ2) is 9.49. The molecule has 5 aromatic carbocycles. The number of aryl methyl sites for hydroxylation is 1. The molecule has 1 aliphatic rings. The van der Waals surface area contributed by atoms with E-state index in [2.05, 4.69) is 68.4 Å². The van der Waals surface area contributed by atoms with Crippen LogP contribution in [0.15, 0.2) is 120 Å². The summed E-state index contributed by atoms with van der Waals surface area (Å²) in [5.41, 5.74) is 10.0. The molecule has 1 aliphatic carbocycles. The molecule has 0 spiro atoms. The Labute approximate surface area is 244 Å². The Bertz CT molecular complexity index is 2040. The summed E-state index contributed by atoms with van der Waals surface area (Å²) in [6, 6.07) is 39.6. The van der Waals surface area contributed by atoms with Crippen LogP contribution in [0.25, 0.3) is 67.2 Å². The van der Waals surface area contributed by atoms with E-state index in [1.165, 1.54) is 22.9 Å². The highest BCUT2D eigenvalue weighted by Gasteiger charge is 2.31. The van der Waals surface area contributed by atoms with E-state index in [0.717, 1.165) is 50.8 Å². The normalized spacial score (nSPS) is 14.0. The average molecular weight is 544 g/mol. The lowest BCUT2D eigenvalue weighted by molar-refractivity contribution is 0.522. The van der Waals surface area contributed by atoms with Crippen molar-refractivity contribution in [1.29, 1.82) is 0 Å². The zero-order chi connectivity index (χ0) is 28.3. The first-order chi connectivity index (χ1) is 20.5. The summed E-state index contributed by atoms with van der Waals surface area (Å²) in [4.78, 5) is 14.6. The summed E-state index contributed by atoms with van der Waals surface area (Å²) in [5, 5.41) is 2.36. The molecule has 4 nitrogen and oxygen atoms in total. The molecular weight excluding hydrogens is 514 g/mol. The van der Waals surface area contributed by atoms with E-state index in [9.17, 15) is 0 Å². The lowest BCUT2D eigenvalue weighted by Gasteiger charge is -2.18. The van der Waals surface area contributed by atoms with Gasteiger partial charge in [-0.1, -0.05) is 117 Å². The van der Waals surface area contributed by atoms with E-state index < -0.39 is 0 Å². The minimum Gasteiger partial charge on any atom is -0.455 e. The van der Waals surface area contributed by atoms with Crippen LogP contribution >= 0.6 is 0 Å². The lowest BCUT2D eigenvalue weighted by atomic mass is 9.86. The van der Waals surface area contributed by atoms with E-state index >= 15 is 0 Å². The molecule has 202 valence electrons. The molecule has 0 amide bonds. The monoisotopic (exact) mass is 543 g/mol. The molecule has 0 radical (unpaired) electrons. The van der Waals surface area contributed by atoms with Crippen LogP contribution in [-0.2, 0) is 11.8 Å². The van der Waals surface area contributed by atoms with Gasteiger partial charge < -0.3 is 4.42 Å². The molecular formula is C38H29N3O. The van der Waals surface area contributed by atoms with E-state index in [0.29, 0.717) is 17.5 Å². The van der Waals surface area contributed by atoms with Gasteiger partial charge in [-0.05, 0) is 47.1 Å². The van der Waals surface area contributed by atoms with Gasteiger partial charge in [0.2, 0.25) is 0 Å². The van der Waals surface area contributed by atoms with Crippen LogP contribution in [0.4, 0.5) is 0 Å². The Hall–Kier alpha value is -5.09. The number of hydrogen-bond donors (Lipinski definition) is 0. The fourth-order valence-electron chi connectivity index (χ4n) is 6.27. The second-order valence-corrected chi connectivity index (χ2v) is 11.8. The number of benzene rings is 5. The molecule has 0 saturated heterocycles. The summed E-state index contributed by atoms with van der Waals surface area (Å²) >= 11 is 0. The van der Waals surface area contributed by atoms with Crippen molar-refractivity contribution in [2.24, 2.45) is 0 Å². The molecule has 0 bridgehead atoms. The topological polar surface area (TPSA) is 51.8 Å². The van der Waals surface area contributed by atoms with Crippen molar-refractivity contribution in [2.75, 3.05) is 0 Å². The van der Waals surface area contributed by atoms with Gasteiger partial charge in [-0.15, -0.1) is 0 Å². The molecule has 0 aliphatic heterocycles. The van der Waals surface area contributed by atoms with Crippen molar-refractivity contribution in [3.05, 3.63) is 126 Å². The maximum absolute atomic E-state index is 6.54. The van der Waals surface area contributed by atoms with Gasteiger partial charge in [0.25, 0.3) is 0 Å². The highest BCUT2D eigenvalue weighted by atomic mass is 16.3. The Balaban J connectivity index is 1.22. The summed E-state index contributed by atoms with van der Waals surface area (Å²) in [6.07, 6.45) is 2.30. The molecule has 0 atom stereocenters. The largest absolute Gasteiger partial charge is 0.455 e. The number of para-hydroxylation sites is 1. The third-order valence-electron chi connectivity index (χ3n) is 8.62. The van der Waals surface area contributed by atoms with Gasteiger partial charge in [0, 0.05) is 33.0 Å². The smallest absolute Gasteiger partial charge is 0.164 e. The van der Waals surface area contributed by atoms with Crippen molar-refractivity contribution in [3.8, 4) is 45.3 Å². The van der Waals surface area contributed by atoms with E-state index in [1.54, 1.807) is 0 Å². The Morgan fingerprint density at radius 2 is 1.14 bits per heavy atom. The zero-order valence-corrected chi connectivity index (χ0v) is 23.6. The lowest BCUT2D eigenvalue weighted by Crippen LogP contribution is -2.11. The minimum absolute atomic E-state index is 0.205. The van der Waals surface area contributed by atoms with Gasteiger partial charge in [0.1, 0.15) is 11.2 Å². The molecule has 2 heterocycles. The van der Waals surface area contributed by atoms with Crippen LogP contribution < -0.4 is 0 Å². The molecule has 0 fully saturated rings. The maximum atomic E-state index is 6.54. The second-order valence-electron chi connectivity index (χ2n) is 11.8. The summed E-state index contributed by atoms with van der Waals surface area (Å²) in [5.74, 6) is 1.96. The number of furan rings is 1. The van der Waals surface area contributed by atoms with Crippen LogP contribution in [0.1, 0.15) is 31.4 Å². The molecule has 42 heavy (non-hydrogen) atoms. The van der Waals surface area contributed by atoms with Gasteiger partial charge >= 0.3 is 0 Å². The molecule has 0 N–H and O–H groups in total. The molecule has 0 unspecified atom stereocenters. The molecule has 4 heteroatoms. The number of rotatable bonds is 4. The van der Waals surface area contributed by atoms with Crippen LogP contribution in [0, 0.1) is 0 Å². The van der Waals surface area contributed by atoms with E-state index in [4.69, 9.17) is 19.4 Å². The zero-order valence-electron chi connectivity index (χ0n) is 23.6.